The first kappa shape index (κ1) is 27.2. The number of benzene rings is 1. The predicted octanol–water partition coefficient (Wildman–Crippen LogP) is 8.52. The van der Waals surface area contributed by atoms with Crippen molar-refractivity contribution in [1.29, 1.82) is 0 Å². The Morgan fingerprint density at radius 2 is 1.50 bits per heavy atom. The van der Waals surface area contributed by atoms with Crippen molar-refractivity contribution in [2.75, 3.05) is 5.32 Å². The molecule has 0 saturated heterocycles. The second-order valence-electron chi connectivity index (χ2n) is 7.57. The molecule has 0 aliphatic rings. The first-order valence-corrected chi connectivity index (χ1v) is 11.2. The largest absolute Gasteiger partial charge is 0.380 e. The highest BCUT2D eigenvalue weighted by Crippen LogP contribution is 2.21. The van der Waals surface area contributed by atoms with Crippen LogP contribution in [0, 0.1) is 5.82 Å². The average Bonchev–Trinajstić information content (AvgIpc) is 2.64. The summed E-state index contributed by atoms with van der Waals surface area (Å²) in [4.78, 5) is 11.1. The van der Waals surface area contributed by atoms with E-state index in [-0.39, 0.29) is 24.0 Å². The summed E-state index contributed by atoms with van der Waals surface area (Å²) in [6.45, 7) is 4.41. The molecular formula is C23H38Cl2FNO. The van der Waals surface area contributed by atoms with Crippen LogP contribution in [0.2, 0.25) is 0 Å². The molecule has 1 aromatic rings. The van der Waals surface area contributed by atoms with Crippen molar-refractivity contribution >= 4 is 34.9 Å². The summed E-state index contributed by atoms with van der Waals surface area (Å²) >= 11 is 5.41. The molecule has 0 aromatic heterocycles. The van der Waals surface area contributed by atoms with Gasteiger partial charge in [0.25, 0.3) is 5.24 Å². The molecule has 0 aliphatic heterocycles. The molecule has 1 atom stereocenters. The van der Waals surface area contributed by atoms with Crippen LogP contribution in [0.5, 0.6) is 0 Å². The molecule has 0 radical (unpaired) electrons. The van der Waals surface area contributed by atoms with E-state index in [2.05, 4.69) is 19.2 Å². The number of carbonyl (C=O) groups excluding carboxylic acids is 1. The Hall–Kier alpha value is -0.800. The van der Waals surface area contributed by atoms with Crippen molar-refractivity contribution in [3.05, 3.63) is 29.6 Å². The molecule has 1 unspecified atom stereocenters. The quantitative estimate of drug-likeness (QED) is 0.209. The molecule has 0 aliphatic carbocycles. The molecule has 0 saturated carbocycles. The molecule has 2 nitrogen and oxygen atoms in total. The molecule has 5 heteroatoms. The van der Waals surface area contributed by atoms with E-state index in [0.29, 0.717) is 5.69 Å². The van der Waals surface area contributed by atoms with Crippen molar-refractivity contribution in [3.63, 3.8) is 0 Å². The summed E-state index contributed by atoms with van der Waals surface area (Å²) in [5.74, 6) is -0.411. The summed E-state index contributed by atoms with van der Waals surface area (Å²) in [6, 6.07) is 4.67. The Kier molecular flexibility index (Phi) is 16.6. The number of hydrogen-bond donors (Lipinski definition) is 1. The van der Waals surface area contributed by atoms with Gasteiger partial charge in [0.2, 0.25) is 0 Å². The minimum Gasteiger partial charge on any atom is -0.380 e. The lowest BCUT2D eigenvalue weighted by Crippen LogP contribution is -2.20. The Morgan fingerprint density at radius 3 is 2.00 bits per heavy atom. The first-order chi connectivity index (χ1) is 13.1. The van der Waals surface area contributed by atoms with E-state index in [4.69, 9.17) is 11.6 Å². The Balaban J connectivity index is 0.00000729. The lowest BCUT2D eigenvalue weighted by Gasteiger charge is -2.20. The second kappa shape index (κ2) is 17.1. The number of rotatable bonds is 16. The van der Waals surface area contributed by atoms with Crippen LogP contribution in [-0.4, -0.2) is 11.3 Å². The fourth-order valence-electron chi connectivity index (χ4n) is 3.49. The molecule has 0 amide bonds. The van der Waals surface area contributed by atoms with Crippen molar-refractivity contribution in [2.45, 2.75) is 103 Å². The maximum Gasteiger partial charge on any atom is 0.252 e. The van der Waals surface area contributed by atoms with Crippen molar-refractivity contribution in [2.24, 2.45) is 0 Å². The highest BCUT2D eigenvalue weighted by molar-refractivity contribution is 6.67. The zero-order chi connectivity index (χ0) is 19.9. The van der Waals surface area contributed by atoms with Crippen LogP contribution in [0.4, 0.5) is 10.1 Å². The molecule has 1 N–H and O–H groups in total. The van der Waals surface area contributed by atoms with E-state index in [9.17, 15) is 9.18 Å². The maximum absolute atomic E-state index is 14.2. The fraction of sp³-hybridized carbons (Fsp3) is 0.696. The van der Waals surface area contributed by atoms with E-state index >= 15 is 0 Å². The average molecular weight is 434 g/mol. The third-order valence-electron chi connectivity index (χ3n) is 5.10. The number of halogens is 3. The predicted molar refractivity (Wildman–Crippen MR) is 123 cm³/mol. The molecule has 28 heavy (non-hydrogen) atoms. The minimum absolute atomic E-state index is 0. The van der Waals surface area contributed by atoms with Crippen molar-refractivity contribution < 1.29 is 9.18 Å². The van der Waals surface area contributed by atoms with Crippen LogP contribution in [-0.2, 0) is 0 Å². The molecule has 0 heterocycles. The van der Waals surface area contributed by atoms with Gasteiger partial charge in [0.15, 0.2) is 0 Å². The lowest BCUT2D eigenvalue weighted by atomic mass is 10.0. The van der Waals surface area contributed by atoms with E-state index in [1.54, 1.807) is 12.1 Å². The topological polar surface area (TPSA) is 29.1 Å². The van der Waals surface area contributed by atoms with Crippen molar-refractivity contribution in [1.82, 2.24) is 0 Å². The van der Waals surface area contributed by atoms with Crippen LogP contribution in [0.1, 0.15) is 108 Å². The standard InChI is InChI=1S/C23H37ClFNO.ClH/c1-3-5-6-7-8-9-10-11-12-13-15-20(14-4-2)26-22-17-16-19(23(24)27)18-21(22)25;/h16-18,20,26H,3-15H2,1-2H3;1H. The van der Waals surface area contributed by atoms with E-state index in [1.165, 1.54) is 70.3 Å². The Bertz CT molecular complexity index is 539. The van der Waals surface area contributed by atoms with Gasteiger partial charge in [0.05, 0.1) is 5.69 Å². The highest BCUT2D eigenvalue weighted by atomic mass is 35.5. The molecular weight excluding hydrogens is 396 g/mol. The van der Waals surface area contributed by atoms with Crippen LogP contribution in [0.25, 0.3) is 0 Å². The summed E-state index contributed by atoms with van der Waals surface area (Å²) < 4.78 is 14.2. The van der Waals surface area contributed by atoms with Crippen LogP contribution >= 0.6 is 24.0 Å². The number of nitrogens with one attached hydrogen (secondary N) is 1. The van der Waals surface area contributed by atoms with Gasteiger partial charge in [-0.1, -0.05) is 84.5 Å². The lowest BCUT2D eigenvalue weighted by molar-refractivity contribution is 0.108. The minimum atomic E-state index is -0.629. The Labute approximate surface area is 182 Å². The van der Waals surface area contributed by atoms with Gasteiger partial charge < -0.3 is 5.32 Å². The van der Waals surface area contributed by atoms with Crippen LogP contribution in [0.15, 0.2) is 18.2 Å². The molecule has 1 rings (SSSR count). The molecule has 0 bridgehead atoms. The molecule has 0 fully saturated rings. The smallest absolute Gasteiger partial charge is 0.252 e. The van der Waals surface area contributed by atoms with Crippen LogP contribution < -0.4 is 5.32 Å². The number of unbranched alkanes of at least 4 members (excludes halogenated alkanes) is 9. The van der Waals surface area contributed by atoms with Gasteiger partial charge in [-0.3, -0.25) is 4.79 Å². The number of hydrogen-bond acceptors (Lipinski definition) is 2. The first-order valence-electron chi connectivity index (χ1n) is 10.8. The summed E-state index contributed by atoms with van der Waals surface area (Å²) in [5.41, 5.74) is 0.656. The van der Waals surface area contributed by atoms with Crippen molar-refractivity contribution in [3.8, 4) is 0 Å². The summed E-state index contributed by atoms with van der Waals surface area (Å²) in [5, 5.41) is 2.69. The van der Waals surface area contributed by atoms with E-state index in [0.717, 1.165) is 19.3 Å². The van der Waals surface area contributed by atoms with E-state index < -0.39 is 11.1 Å². The maximum atomic E-state index is 14.2. The number of anilines is 1. The normalized spacial score (nSPS) is 11.7. The third-order valence-corrected chi connectivity index (χ3v) is 5.32. The van der Waals surface area contributed by atoms with Gasteiger partial charge in [0.1, 0.15) is 5.82 Å². The summed E-state index contributed by atoms with van der Waals surface area (Å²) in [7, 11) is 0. The van der Waals surface area contributed by atoms with E-state index in [1.807, 2.05) is 0 Å². The van der Waals surface area contributed by atoms with Gasteiger partial charge in [-0.15, -0.1) is 12.4 Å². The SMILES string of the molecule is CCCCCCCCCCCCC(CCC)Nc1ccc(C(=O)Cl)cc1F.Cl. The third kappa shape index (κ3) is 11.9. The molecule has 1 aromatic carbocycles. The number of carbonyl (C=O) groups is 1. The zero-order valence-electron chi connectivity index (χ0n) is 17.6. The summed E-state index contributed by atoms with van der Waals surface area (Å²) in [6.07, 6.45) is 16.4. The Morgan fingerprint density at radius 1 is 0.929 bits per heavy atom. The molecule has 162 valence electrons. The van der Waals surface area contributed by atoms with Gasteiger partial charge in [0, 0.05) is 11.6 Å². The monoisotopic (exact) mass is 433 g/mol. The van der Waals surface area contributed by atoms with Crippen LogP contribution in [0.3, 0.4) is 0 Å². The zero-order valence-corrected chi connectivity index (χ0v) is 19.1. The van der Waals surface area contributed by atoms with Gasteiger partial charge in [-0.25, -0.2) is 4.39 Å². The van der Waals surface area contributed by atoms with Gasteiger partial charge >= 0.3 is 0 Å². The fourth-order valence-corrected chi connectivity index (χ4v) is 3.61. The molecule has 0 spiro atoms. The van der Waals surface area contributed by atoms with Gasteiger partial charge in [-0.2, -0.15) is 0 Å². The second-order valence-corrected chi connectivity index (χ2v) is 7.91. The van der Waals surface area contributed by atoms with Gasteiger partial charge in [-0.05, 0) is 42.6 Å². The highest BCUT2D eigenvalue weighted by Gasteiger charge is 2.12.